The van der Waals surface area contributed by atoms with Crippen LogP contribution in [0.4, 0.5) is 11.4 Å². The number of hydrogen-bond acceptors (Lipinski definition) is 6. The van der Waals surface area contributed by atoms with Gasteiger partial charge in [-0.25, -0.2) is 8.42 Å². The van der Waals surface area contributed by atoms with Gasteiger partial charge in [-0.3, -0.25) is 10.1 Å². The highest BCUT2D eigenvalue weighted by molar-refractivity contribution is 7.89. The second-order valence-corrected chi connectivity index (χ2v) is 9.31. The van der Waals surface area contributed by atoms with Gasteiger partial charge in [-0.15, -0.1) is 0 Å². The highest BCUT2D eigenvalue weighted by Crippen LogP contribution is 2.30. The molecule has 0 saturated carbocycles. The number of likely N-dealkylation sites (tertiary alicyclic amines) is 1. The molecule has 0 bridgehead atoms. The minimum atomic E-state index is -3.76. The molecule has 0 unspecified atom stereocenters. The molecular formula is C18H29N4O5S+. The van der Waals surface area contributed by atoms with Gasteiger partial charge in [0.15, 0.2) is 0 Å². The fourth-order valence-electron chi connectivity index (χ4n) is 3.87. The number of nitrogens with zero attached hydrogens (tertiary/aromatic N) is 2. The standard InChI is InChI=1S/C18H28N4O5S/c1-2-7-20-8-5-15(6-9-20)19-17-4-3-16(14-18(17)22(23)24)28(25,26)21-10-12-27-13-11-21/h3-4,14-15,19H,2,5-13H2,1H3/p+1. The van der Waals surface area contributed by atoms with Crippen LogP contribution in [0.1, 0.15) is 26.2 Å². The van der Waals surface area contributed by atoms with Gasteiger partial charge in [-0.1, -0.05) is 6.92 Å². The number of anilines is 1. The third-order valence-electron chi connectivity index (χ3n) is 5.43. The summed E-state index contributed by atoms with van der Waals surface area (Å²) < 4.78 is 32.1. The maximum Gasteiger partial charge on any atom is 0.293 e. The maximum atomic E-state index is 12.8. The Bertz CT molecular complexity index is 787. The fourth-order valence-corrected chi connectivity index (χ4v) is 5.30. The van der Waals surface area contributed by atoms with Crippen molar-refractivity contribution in [1.29, 1.82) is 0 Å². The lowest BCUT2D eigenvalue weighted by Crippen LogP contribution is -3.13. The Morgan fingerprint density at radius 3 is 2.57 bits per heavy atom. The van der Waals surface area contributed by atoms with E-state index >= 15 is 0 Å². The Labute approximate surface area is 165 Å². The first-order valence-corrected chi connectivity index (χ1v) is 11.3. The third-order valence-corrected chi connectivity index (χ3v) is 7.32. The van der Waals surface area contributed by atoms with Crippen LogP contribution in [0.25, 0.3) is 0 Å². The van der Waals surface area contributed by atoms with Crippen molar-refractivity contribution in [3.05, 3.63) is 28.3 Å². The molecule has 2 aliphatic rings. The largest absolute Gasteiger partial charge is 0.379 e. The average molecular weight is 414 g/mol. The Balaban J connectivity index is 1.75. The lowest BCUT2D eigenvalue weighted by atomic mass is 10.0. The van der Waals surface area contributed by atoms with Crippen LogP contribution in [-0.4, -0.2) is 69.6 Å². The number of nitro benzene ring substituents is 1. The van der Waals surface area contributed by atoms with Gasteiger partial charge in [-0.2, -0.15) is 4.31 Å². The Kier molecular flexibility index (Phi) is 6.86. The maximum absolute atomic E-state index is 12.8. The molecule has 0 spiro atoms. The molecule has 0 atom stereocenters. The molecule has 1 aromatic rings. The van der Waals surface area contributed by atoms with Crippen molar-refractivity contribution in [2.24, 2.45) is 0 Å². The summed E-state index contributed by atoms with van der Waals surface area (Å²) >= 11 is 0. The predicted molar refractivity (Wildman–Crippen MR) is 105 cm³/mol. The Morgan fingerprint density at radius 1 is 1.29 bits per heavy atom. The Hall–Kier alpha value is -1.75. The first-order valence-electron chi connectivity index (χ1n) is 9.88. The van der Waals surface area contributed by atoms with E-state index in [0.29, 0.717) is 18.9 Å². The number of morpholine rings is 1. The lowest BCUT2D eigenvalue weighted by molar-refractivity contribution is -0.905. The van der Waals surface area contributed by atoms with E-state index in [-0.39, 0.29) is 29.7 Å². The molecule has 28 heavy (non-hydrogen) atoms. The number of rotatable bonds is 7. The lowest BCUT2D eigenvalue weighted by Gasteiger charge is -2.30. The highest BCUT2D eigenvalue weighted by atomic mass is 32.2. The number of ether oxygens (including phenoxy) is 1. The molecule has 0 aliphatic carbocycles. The molecule has 0 radical (unpaired) electrons. The summed E-state index contributed by atoms with van der Waals surface area (Å²) in [5, 5.41) is 14.9. The first-order chi connectivity index (χ1) is 13.4. The smallest absolute Gasteiger partial charge is 0.293 e. The van der Waals surface area contributed by atoms with Crippen LogP contribution in [-0.2, 0) is 14.8 Å². The van der Waals surface area contributed by atoms with Crippen LogP contribution in [0.3, 0.4) is 0 Å². The topological polar surface area (TPSA) is 106 Å². The highest BCUT2D eigenvalue weighted by Gasteiger charge is 2.30. The number of nitro groups is 1. The third kappa shape index (κ3) is 4.80. The predicted octanol–water partition coefficient (Wildman–Crippen LogP) is 0.485. The van der Waals surface area contributed by atoms with Gasteiger partial charge in [-0.05, 0) is 18.6 Å². The zero-order valence-corrected chi connectivity index (χ0v) is 17.0. The minimum absolute atomic E-state index is 0.0474. The fraction of sp³-hybridized carbons (Fsp3) is 0.667. The van der Waals surface area contributed by atoms with Gasteiger partial charge in [0.1, 0.15) is 5.69 Å². The number of nitrogens with one attached hydrogen (secondary N) is 2. The monoisotopic (exact) mass is 413 g/mol. The summed E-state index contributed by atoms with van der Waals surface area (Å²) in [6.45, 7) is 6.60. The van der Waals surface area contributed by atoms with E-state index in [1.807, 2.05) is 0 Å². The molecule has 2 aliphatic heterocycles. The van der Waals surface area contributed by atoms with Crippen molar-refractivity contribution < 1.29 is 23.0 Å². The van der Waals surface area contributed by atoms with Crippen molar-refractivity contribution in [3.8, 4) is 0 Å². The van der Waals surface area contributed by atoms with E-state index in [2.05, 4.69) is 12.2 Å². The molecule has 156 valence electrons. The van der Waals surface area contributed by atoms with Crippen LogP contribution >= 0.6 is 0 Å². The molecule has 0 aromatic heterocycles. The van der Waals surface area contributed by atoms with Crippen LogP contribution in [0.5, 0.6) is 0 Å². The van der Waals surface area contributed by atoms with Crippen molar-refractivity contribution in [1.82, 2.24) is 4.31 Å². The van der Waals surface area contributed by atoms with Gasteiger partial charge < -0.3 is 15.0 Å². The quantitative estimate of drug-likeness (QED) is 0.498. The summed E-state index contributed by atoms with van der Waals surface area (Å²) in [6, 6.07) is 4.32. The van der Waals surface area contributed by atoms with Crippen LogP contribution < -0.4 is 10.2 Å². The number of sulfonamides is 1. The van der Waals surface area contributed by atoms with Gasteiger partial charge in [0.25, 0.3) is 5.69 Å². The summed E-state index contributed by atoms with van der Waals surface area (Å²) in [5.74, 6) is 0. The van der Waals surface area contributed by atoms with E-state index in [1.54, 1.807) is 4.90 Å². The zero-order chi connectivity index (χ0) is 20.1. The first kappa shape index (κ1) is 21.0. The van der Waals surface area contributed by atoms with E-state index in [4.69, 9.17) is 4.74 Å². The van der Waals surface area contributed by atoms with Crippen molar-refractivity contribution >= 4 is 21.4 Å². The number of piperidine rings is 1. The van der Waals surface area contributed by atoms with Crippen LogP contribution in [0, 0.1) is 10.1 Å². The summed E-state index contributed by atoms with van der Waals surface area (Å²) in [7, 11) is -3.76. The number of hydrogen-bond donors (Lipinski definition) is 2. The molecule has 1 aromatic carbocycles. The van der Waals surface area contributed by atoms with Gasteiger partial charge in [0, 0.05) is 38.0 Å². The van der Waals surface area contributed by atoms with E-state index in [1.165, 1.54) is 22.5 Å². The van der Waals surface area contributed by atoms with Gasteiger partial charge in [0.05, 0.1) is 42.7 Å². The minimum Gasteiger partial charge on any atom is -0.379 e. The van der Waals surface area contributed by atoms with Gasteiger partial charge >= 0.3 is 0 Å². The molecular weight excluding hydrogens is 384 g/mol. The Morgan fingerprint density at radius 2 is 1.96 bits per heavy atom. The van der Waals surface area contributed by atoms with Gasteiger partial charge in [0.2, 0.25) is 10.0 Å². The molecule has 2 heterocycles. The molecule has 9 nitrogen and oxygen atoms in total. The second-order valence-electron chi connectivity index (χ2n) is 7.37. The SMILES string of the molecule is CCC[NH+]1CCC(Nc2ccc(S(=O)(=O)N3CCOCC3)cc2[N+](=O)[O-])CC1. The van der Waals surface area contributed by atoms with E-state index in [0.717, 1.165) is 38.9 Å². The van der Waals surface area contributed by atoms with Crippen LogP contribution in [0.2, 0.25) is 0 Å². The van der Waals surface area contributed by atoms with E-state index < -0.39 is 14.9 Å². The molecule has 2 fully saturated rings. The average Bonchev–Trinajstić information content (AvgIpc) is 2.70. The second kappa shape index (κ2) is 9.17. The summed E-state index contributed by atoms with van der Waals surface area (Å²) in [6.07, 6.45) is 3.04. The van der Waals surface area contributed by atoms with Crippen molar-refractivity contribution in [3.63, 3.8) is 0 Å². The van der Waals surface area contributed by atoms with Crippen molar-refractivity contribution in [2.45, 2.75) is 37.1 Å². The number of quaternary nitrogens is 1. The molecule has 2 N–H and O–H groups in total. The molecule has 2 saturated heterocycles. The van der Waals surface area contributed by atoms with Crippen LogP contribution in [0.15, 0.2) is 23.1 Å². The molecule has 3 rings (SSSR count). The summed E-state index contributed by atoms with van der Waals surface area (Å²) in [4.78, 5) is 12.6. The number of benzene rings is 1. The zero-order valence-electron chi connectivity index (χ0n) is 16.2. The van der Waals surface area contributed by atoms with E-state index in [9.17, 15) is 18.5 Å². The van der Waals surface area contributed by atoms with Crippen molar-refractivity contribution in [2.75, 3.05) is 51.3 Å². The molecule has 10 heteroatoms. The normalized spacial score (nSPS) is 24.0. The molecule has 0 amide bonds. The summed E-state index contributed by atoms with van der Waals surface area (Å²) in [5.41, 5.74) is 0.188.